The summed E-state index contributed by atoms with van der Waals surface area (Å²) in [5, 5.41) is 23.7. The summed E-state index contributed by atoms with van der Waals surface area (Å²) in [6, 6.07) is 4.09. The third-order valence-electron chi connectivity index (χ3n) is 2.80. The molecular formula is C14H19ClN2O4. The van der Waals surface area contributed by atoms with Gasteiger partial charge in [-0.2, -0.15) is 0 Å². The summed E-state index contributed by atoms with van der Waals surface area (Å²) < 4.78 is 0. The fourth-order valence-electron chi connectivity index (χ4n) is 1.52. The number of carbonyl (C=O) groups excluding carboxylic acids is 1. The van der Waals surface area contributed by atoms with Crippen molar-refractivity contribution in [3.63, 3.8) is 0 Å². The Labute approximate surface area is 128 Å². The molecule has 0 aromatic heterocycles. The molecule has 0 atom stereocenters. The molecule has 0 fully saturated rings. The normalized spacial score (nSPS) is 11.2. The van der Waals surface area contributed by atoms with Crippen LogP contribution in [0.15, 0.2) is 18.2 Å². The maximum absolute atomic E-state index is 11.8. The van der Waals surface area contributed by atoms with Crippen LogP contribution in [0.4, 0.5) is 5.69 Å². The lowest BCUT2D eigenvalue weighted by atomic mass is 9.95. The summed E-state index contributed by atoms with van der Waals surface area (Å²) in [5.74, 6) is -1.43. The van der Waals surface area contributed by atoms with Gasteiger partial charge in [0.25, 0.3) is 0 Å². The molecule has 0 spiro atoms. The highest BCUT2D eigenvalue weighted by Crippen LogP contribution is 2.23. The molecule has 0 saturated carbocycles. The summed E-state index contributed by atoms with van der Waals surface area (Å²) in [4.78, 5) is 22.7. The maximum atomic E-state index is 11.8. The van der Waals surface area contributed by atoms with Crippen LogP contribution in [-0.4, -0.2) is 41.8 Å². The van der Waals surface area contributed by atoms with Crippen LogP contribution in [0.3, 0.4) is 0 Å². The van der Waals surface area contributed by atoms with E-state index in [1.54, 1.807) is 0 Å². The van der Waals surface area contributed by atoms with Crippen molar-refractivity contribution < 1.29 is 19.8 Å². The van der Waals surface area contributed by atoms with Gasteiger partial charge < -0.3 is 20.8 Å². The van der Waals surface area contributed by atoms with Gasteiger partial charge in [-0.3, -0.25) is 4.79 Å². The molecule has 7 heteroatoms. The smallest absolute Gasteiger partial charge is 0.335 e. The number of carboxylic acids is 1. The second-order valence-electron chi connectivity index (χ2n) is 5.47. The zero-order valence-corrected chi connectivity index (χ0v) is 12.7. The molecule has 0 aliphatic carbocycles. The second kappa shape index (κ2) is 7.40. The van der Waals surface area contributed by atoms with E-state index in [2.05, 4.69) is 10.6 Å². The Kier molecular flexibility index (Phi) is 6.14. The Bertz CT molecular complexity index is 532. The van der Waals surface area contributed by atoms with E-state index in [9.17, 15) is 9.59 Å². The first-order valence-corrected chi connectivity index (χ1v) is 6.77. The Balaban J connectivity index is 2.59. The number of carboxylic acid groups (broad SMARTS) is 1. The first kappa shape index (κ1) is 17.4. The van der Waals surface area contributed by atoms with Crippen LogP contribution in [0.25, 0.3) is 0 Å². The molecule has 1 aromatic carbocycles. The van der Waals surface area contributed by atoms with E-state index in [1.165, 1.54) is 18.2 Å². The fraction of sp³-hybridized carbons (Fsp3) is 0.429. The summed E-state index contributed by atoms with van der Waals surface area (Å²) in [6.07, 6.45) is 0. The Morgan fingerprint density at radius 1 is 1.33 bits per heavy atom. The standard InChI is InChI=1S/C14H19ClN2O4/c1-14(2,8-18)7-16-6-12(19)17-11-5-9(13(20)21)3-4-10(11)15/h3-5,16,18H,6-8H2,1-2H3,(H,17,19)(H,20,21). The van der Waals surface area contributed by atoms with Crippen LogP contribution in [0.5, 0.6) is 0 Å². The van der Waals surface area contributed by atoms with Gasteiger partial charge in [0.15, 0.2) is 0 Å². The number of hydrogen-bond acceptors (Lipinski definition) is 4. The molecule has 0 heterocycles. The van der Waals surface area contributed by atoms with Gasteiger partial charge in [-0.15, -0.1) is 0 Å². The molecule has 6 nitrogen and oxygen atoms in total. The zero-order chi connectivity index (χ0) is 16.0. The van der Waals surface area contributed by atoms with Crippen molar-refractivity contribution in [3.05, 3.63) is 28.8 Å². The van der Waals surface area contributed by atoms with Crippen molar-refractivity contribution in [3.8, 4) is 0 Å². The van der Waals surface area contributed by atoms with Gasteiger partial charge in [-0.1, -0.05) is 25.4 Å². The van der Waals surface area contributed by atoms with Crippen molar-refractivity contribution >= 4 is 29.2 Å². The van der Waals surface area contributed by atoms with Gasteiger partial charge >= 0.3 is 5.97 Å². The number of hydrogen-bond donors (Lipinski definition) is 4. The van der Waals surface area contributed by atoms with Crippen LogP contribution >= 0.6 is 11.6 Å². The number of anilines is 1. The van der Waals surface area contributed by atoms with E-state index < -0.39 is 5.97 Å². The number of aliphatic hydroxyl groups is 1. The van der Waals surface area contributed by atoms with Crippen molar-refractivity contribution in [2.24, 2.45) is 5.41 Å². The second-order valence-corrected chi connectivity index (χ2v) is 5.88. The summed E-state index contributed by atoms with van der Waals surface area (Å²) in [6.45, 7) is 4.25. The minimum atomic E-state index is -1.09. The molecule has 116 valence electrons. The molecule has 21 heavy (non-hydrogen) atoms. The van der Waals surface area contributed by atoms with E-state index in [-0.39, 0.29) is 40.7 Å². The van der Waals surface area contributed by atoms with Gasteiger partial charge in [0, 0.05) is 18.6 Å². The number of rotatable bonds is 7. The van der Waals surface area contributed by atoms with Crippen LogP contribution in [0, 0.1) is 5.41 Å². The number of aliphatic hydroxyl groups excluding tert-OH is 1. The van der Waals surface area contributed by atoms with E-state index in [0.29, 0.717) is 6.54 Å². The average Bonchev–Trinajstić information content (AvgIpc) is 2.40. The minimum absolute atomic E-state index is 0.00804. The largest absolute Gasteiger partial charge is 0.478 e. The van der Waals surface area contributed by atoms with Crippen LogP contribution in [-0.2, 0) is 4.79 Å². The lowest BCUT2D eigenvalue weighted by molar-refractivity contribution is -0.115. The van der Waals surface area contributed by atoms with Crippen LogP contribution < -0.4 is 10.6 Å². The van der Waals surface area contributed by atoms with Gasteiger partial charge in [0.05, 0.1) is 22.8 Å². The van der Waals surface area contributed by atoms with Gasteiger partial charge in [0.2, 0.25) is 5.91 Å². The van der Waals surface area contributed by atoms with Gasteiger partial charge in [-0.05, 0) is 18.2 Å². The minimum Gasteiger partial charge on any atom is -0.478 e. The predicted molar refractivity (Wildman–Crippen MR) is 80.8 cm³/mol. The summed E-state index contributed by atoms with van der Waals surface area (Å²) in [5.41, 5.74) is -0.0184. The molecule has 4 N–H and O–H groups in total. The highest BCUT2D eigenvalue weighted by atomic mass is 35.5. The van der Waals surface area contributed by atoms with E-state index in [1.807, 2.05) is 13.8 Å². The molecule has 1 rings (SSSR count). The molecular weight excluding hydrogens is 296 g/mol. The number of benzene rings is 1. The van der Waals surface area contributed by atoms with Crippen molar-refractivity contribution in [1.82, 2.24) is 5.32 Å². The highest BCUT2D eigenvalue weighted by molar-refractivity contribution is 6.33. The quantitative estimate of drug-likeness (QED) is 0.612. The molecule has 0 saturated heterocycles. The van der Waals surface area contributed by atoms with Crippen LogP contribution in [0.2, 0.25) is 5.02 Å². The number of carbonyl (C=O) groups is 2. The summed E-state index contributed by atoms with van der Waals surface area (Å²) in [7, 11) is 0. The van der Waals surface area contributed by atoms with Crippen molar-refractivity contribution in [2.75, 3.05) is 25.0 Å². The molecule has 0 radical (unpaired) electrons. The first-order chi connectivity index (χ1) is 9.75. The molecule has 0 aliphatic rings. The SMILES string of the molecule is CC(C)(CO)CNCC(=O)Nc1cc(C(=O)O)ccc1Cl. The average molecular weight is 315 g/mol. The number of amides is 1. The lowest BCUT2D eigenvalue weighted by Gasteiger charge is -2.21. The number of aromatic carboxylic acids is 1. The topological polar surface area (TPSA) is 98.7 Å². The monoisotopic (exact) mass is 314 g/mol. The maximum Gasteiger partial charge on any atom is 0.335 e. The highest BCUT2D eigenvalue weighted by Gasteiger charge is 2.16. The van der Waals surface area contributed by atoms with E-state index >= 15 is 0 Å². The van der Waals surface area contributed by atoms with Crippen molar-refractivity contribution in [2.45, 2.75) is 13.8 Å². The van der Waals surface area contributed by atoms with E-state index in [4.69, 9.17) is 21.8 Å². The summed E-state index contributed by atoms with van der Waals surface area (Å²) >= 11 is 5.91. The zero-order valence-electron chi connectivity index (χ0n) is 11.9. The third kappa shape index (κ3) is 5.71. The third-order valence-corrected chi connectivity index (χ3v) is 3.13. The molecule has 0 bridgehead atoms. The first-order valence-electron chi connectivity index (χ1n) is 6.39. The molecule has 0 aliphatic heterocycles. The lowest BCUT2D eigenvalue weighted by Crippen LogP contribution is -2.37. The number of nitrogens with one attached hydrogen (secondary N) is 2. The molecule has 0 unspecified atom stereocenters. The van der Waals surface area contributed by atoms with Gasteiger partial charge in [-0.25, -0.2) is 4.79 Å². The molecule has 1 aromatic rings. The fourth-order valence-corrected chi connectivity index (χ4v) is 1.68. The van der Waals surface area contributed by atoms with Crippen molar-refractivity contribution in [1.29, 1.82) is 0 Å². The Morgan fingerprint density at radius 3 is 2.57 bits per heavy atom. The molecule has 1 amide bonds. The Morgan fingerprint density at radius 2 is 2.00 bits per heavy atom. The van der Waals surface area contributed by atoms with E-state index in [0.717, 1.165) is 0 Å². The predicted octanol–water partition coefficient (Wildman–Crippen LogP) is 1.58. The number of halogens is 1. The van der Waals surface area contributed by atoms with Gasteiger partial charge in [0.1, 0.15) is 0 Å². The van der Waals surface area contributed by atoms with Crippen LogP contribution in [0.1, 0.15) is 24.2 Å². The Hall–Kier alpha value is -1.63.